The number of nitrogens with zero attached hydrogens (tertiary/aromatic N) is 3. The monoisotopic (exact) mass is 437 g/mol. The Bertz CT molecular complexity index is 890. The Hall–Kier alpha value is -2.91. The number of fused-ring (bicyclic) bond motifs is 1. The molecular weight excluding hydrogens is 410 g/mol. The topological polar surface area (TPSA) is 133 Å². The van der Waals surface area contributed by atoms with E-state index in [1.54, 1.807) is 0 Å². The molecule has 0 aliphatic carbocycles. The summed E-state index contributed by atoms with van der Waals surface area (Å²) in [7, 11) is 0. The molecule has 1 aromatic carbocycles. The van der Waals surface area contributed by atoms with E-state index in [2.05, 4.69) is 44.9 Å². The molecule has 0 fully saturated rings. The minimum Gasteiger partial charge on any atom is -0.483 e. The van der Waals surface area contributed by atoms with Gasteiger partial charge in [0.1, 0.15) is 11.6 Å². The highest BCUT2D eigenvalue weighted by atomic mass is 35.5. The number of benzene rings is 1. The maximum absolute atomic E-state index is 8.36. The van der Waals surface area contributed by atoms with E-state index in [0.717, 1.165) is 60.1 Å². The molecule has 0 bridgehead atoms. The van der Waals surface area contributed by atoms with Crippen LogP contribution in [0.4, 0.5) is 0 Å². The van der Waals surface area contributed by atoms with Crippen molar-refractivity contribution in [3.8, 4) is 0 Å². The van der Waals surface area contributed by atoms with Gasteiger partial charge in [0.25, 0.3) is 12.9 Å². The van der Waals surface area contributed by atoms with Gasteiger partial charge in [-0.3, -0.25) is 9.59 Å². The zero-order chi connectivity index (χ0) is 22.4. The van der Waals surface area contributed by atoms with Crippen LogP contribution in [-0.4, -0.2) is 55.3 Å². The molecule has 0 aliphatic heterocycles. The summed E-state index contributed by atoms with van der Waals surface area (Å²) in [6.07, 6.45) is 6.87. The van der Waals surface area contributed by atoms with E-state index in [9.17, 15) is 0 Å². The fraction of sp³-hybridized carbons (Fsp3) is 0.400. The van der Waals surface area contributed by atoms with Gasteiger partial charge in [0.05, 0.1) is 11.0 Å². The fourth-order valence-corrected chi connectivity index (χ4v) is 3.11. The fourth-order valence-electron chi connectivity index (χ4n) is 2.94. The van der Waals surface area contributed by atoms with Crippen LogP contribution in [0.1, 0.15) is 31.9 Å². The molecule has 3 aromatic rings. The van der Waals surface area contributed by atoms with Crippen molar-refractivity contribution in [3.63, 3.8) is 0 Å². The third-order valence-electron chi connectivity index (χ3n) is 4.16. The van der Waals surface area contributed by atoms with Gasteiger partial charge in [0, 0.05) is 42.8 Å². The molecule has 9 nitrogen and oxygen atoms in total. The quantitative estimate of drug-likeness (QED) is 0.314. The van der Waals surface area contributed by atoms with Gasteiger partial charge in [-0.05, 0) is 38.1 Å². The molecule has 164 valence electrons. The van der Waals surface area contributed by atoms with Gasteiger partial charge < -0.3 is 25.1 Å². The van der Waals surface area contributed by atoms with Gasteiger partial charge in [-0.25, -0.2) is 9.97 Å². The molecule has 0 spiro atoms. The Kier molecular flexibility index (Phi) is 11.8. The predicted molar refractivity (Wildman–Crippen MR) is 116 cm³/mol. The van der Waals surface area contributed by atoms with Crippen molar-refractivity contribution in [1.82, 2.24) is 24.8 Å². The molecule has 0 radical (unpaired) electrons. The van der Waals surface area contributed by atoms with E-state index in [0.29, 0.717) is 6.04 Å². The van der Waals surface area contributed by atoms with Crippen LogP contribution in [0.25, 0.3) is 11.0 Å². The highest BCUT2D eigenvalue weighted by molar-refractivity contribution is 6.31. The number of aryl methyl sites for hydroxylation is 2. The standard InChI is InChI=1S/C18H24ClN5.2CH2O2/c1-3-18-21-9-10-24(18)12-13(2)20-8-4-5-17-22-15-7-6-14(19)11-16(15)23-17;2*2-1-3/h6-7,9-11,13,20H,3-5,8,12H2,1-2H3,(H,22,23);2*1H,(H,2,3). The Balaban J connectivity index is 0.000000672. The summed E-state index contributed by atoms with van der Waals surface area (Å²) in [4.78, 5) is 29.0. The Labute approximate surface area is 180 Å². The Morgan fingerprint density at radius 2 is 2.00 bits per heavy atom. The van der Waals surface area contributed by atoms with Crippen LogP contribution in [0, 0.1) is 0 Å². The van der Waals surface area contributed by atoms with Crippen molar-refractivity contribution in [2.45, 2.75) is 45.7 Å². The predicted octanol–water partition coefficient (Wildman–Crippen LogP) is 2.99. The average Bonchev–Trinajstić information content (AvgIpc) is 3.32. The van der Waals surface area contributed by atoms with Crippen molar-refractivity contribution in [3.05, 3.63) is 47.3 Å². The number of aromatic amines is 1. The van der Waals surface area contributed by atoms with E-state index < -0.39 is 0 Å². The molecule has 1 unspecified atom stereocenters. The Morgan fingerprint density at radius 3 is 2.67 bits per heavy atom. The van der Waals surface area contributed by atoms with Gasteiger partial charge in [0.15, 0.2) is 0 Å². The SMILES string of the molecule is CCc1nccn1CC(C)NCCCc1nc2ccc(Cl)cc2[nH]1.O=CO.O=CO. The number of hydrogen-bond donors (Lipinski definition) is 4. The second-order valence-electron chi connectivity index (χ2n) is 6.36. The lowest BCUT2D eigenvalue weighted by atomic mass is 10.2. The first-order chi connectivity index (χ1) is 14.5. The number of imidazole rings is 2. The first-order valence-corrected chi connectivity index (χ1v) is 9.90. The third kappa shape index (κ3) is 8.62. The van der Waals surface area contributed by atoms with E-state index >= 15 is 0 Å². The molecule has 2 heterocycles. The summed E-state index contributed by atoms with van der Waals surface area (Å²) in [6.45, 7) is 5.77. The number of rotatable bonds is 8. The van der Waals surface area contributed by atoms with Crippen LogP contribution >= 0.6 is 11.6 Å². The minimum atomic E-state index is -0.250. The van der Waals surface area contributed by atoms with Crippen LogP contribution < -0.4 is 5.32 Å². The highest BCUT2D eigenvalue weighted by Gasteiger charge is 2.07. The van der Waals surface area contributed by atoms with Gasteiger partial charge in [0.2, 0.25) is 0 Å². The summed E-state index contributed by atoms with van der Waals surface area (Å²) < 4.78 is 2.22. The van der Waals surface area contributed by atoms with Crippen LogP contribution in [0.5, 0.6) is 0 Å². The van der Waals surface area contributed by atoms with Crippen molar-refractivity contribution in [2.75, 3.05) is 6.54 Å². The maximum Gasteiger partial charge on any atom is 0.290 e. The normalized spacial score (nSPS) is 11.0. The van der Waals surface area contributed by atoms with Crippen LogP contribution in [0.2, 0.25) is 5.02 Å². The number of H-pyrrole nitrogens is 1. The second-order valence-corrected chi connectivity index (χ2v) is 6.80. The van der Waals surface area contributed by atoms with E-state index in [1.165, 1.54) is 0 Å². The zero-order valence-electron chi connectivity index (χ0n) is 17.1. The molecule has 0 aliphatic rings. The van der Waals surface area contributed by atoms with Crippen molar-refractivity contribution >= 4 is 35.6 Å². The first-order valence-electron chi connectivity index (χ1n) is 9.52. The molecule has 3 rings (SSSR count). The van der Waals surface area contributed by atoms with E-state index in [-0.39, 0.29) is 12.9 Å². The van der Waals surface area contributed by atoms with Crippen LogP contribution in [0.3, 0.4) is 0 Å². The van der Waals surface area contributed by atoms with E-state index in [4.69, 9.17) is 31.4 Å². The van der Waals surface area contributed by atoms with Crippen LogP contribution in [0.15, 0.2) is 30.6 Å². The lowest BCUT2D eigenvalue weighted by Crippen LogP contribution is -2.31. The molecule has 0 saturated carbocycles. The number of aromatic nitrogens is 4. The molecule has 0 saturated heterocycles. The van der Waals surface area contributed by atoms with E-state index in [1.807, 2.05) is 24.4 Å². The molecule has 30 heavy (non-hydrogen) atoms. The summed E-state index contributed by atoms with van der Waals surface area (Å²) in [6, 6.07) is 6.16. The van der Waals surface area contributed by atoms with Crippen molar-refractivity contribution in [1.29, 1.82) is 0 Å². The maximum atomic E-state index is 8.36. The van der Waals surface area contributed by atoms with Crippen molar-refractivity contribution in [2.24, 2.45) is 0 Å². The summed E-state index contributed by atoms with van der Waals surface area (Å²) >= 11 is 6.01. The van der Waals surface area contributed by atoms with Crippen molar-refractivity contribution < 1.29 is 19.8 Å². The smallest absolute Gasteiger partial charge is 0.290 e. The van der Waals surface area contributed by atoms with Gasteiger partial charge in [-0.15, -0.1) is 0 Å². The zero-order valence-corrected chi connectivity index (χ0v) is 17.8. The first kappa shape index (κ1) is 25.1. The second kappa shape index (κ2) is 14.1. The molecule has 1 atom stereocenters. The van der Waals surface area contributed by atoms with Gasteiger partial charge in [-0.1, -0.05) is 18.5 Å². The average molecular weight is 438 g/mol. The number of carboxylic acid groups (broad SMARTS) is 2. The van der Waals surface area contributed by atoms with Gasteiger partial charge in [-0.2, -0.15) is 0 Å². The Morgan fingerprint density at radius 1 is 1.30 bits per heavy atom. The summed E-state index contributed by atoms with van der Waals surface area (Å²) in [5, 5.41) is 18.1. The summed E-state index contributed by atoms with van der Waals surface area (Å²) in [5.74, 6) is 2.16. The molecule has 4 N–H and O–H groups in total. The highest BCUT2D eigenvalue weighted by Crippen LogP contribution is 2.17. The van der Waals surface area contributed by atoms with Gasteiger partial charge >= 0.3 is 0 Å². The molecule has 10 heteroatoms. The minimum absolute atomic E-state index is 0.250. The summed E-state index contributed by atoms with van der Waals surface area (Å²) in [5.41, 5.74) is 1.98. The third-order valence-corrected chi connectivity index (χ3v) is 4.40. The number of carbonyl (C=O) groups is 2. The lowest BCUT2D eigenvalue weighted by molar-refractivity contribution is -0.123. The molecule has 0 amide bonds. The van der Waals surface area contributed by atoms with Crippen LogP contribution in [-0.2, 0) is 29.0 Å². The largest absolute Gasteiger partial charge is 0.483 e. The molecular formula is C20H28ClN5O4. The lowest BCUT2D eigenvalue weighted by Gasteiger charge is -2.15. The number of hydrogen-bond acceptors (Lipinski definition) is 5. The molecule has 2 aromatic heterocycles. The number of nitrogens with one attached hydrogen (secondary N) is 2. The number of halogens is 1.